The lowest BCUT2D eigenvalue weighted by molar-refractivity contribution is 0.193. The van der Waals surface area contributed by atoms with Crippen LogP contribution in [-0.4, -0.2) is 38.2 Å². The predicted molar refractivity (Wildman–Crippen MR) is 87.5 cm³/mol. The molecule has 0 bridgehead atoms. The number of aromatic nitrogens is 5. The van der Waals surface area contributed by atoms with Gasteiger partial charge in [-0.1, -0.05) is 11.3 Å². The second-order valence-electron chi connectivity index (χ2n) is 6.30. The minimum Gasteiger partial charge on any atom is -0.381 e. The maximum Gasteiger partial charge on any atom is 0.109 e. The van der Waals surface area contributed by atoms with Crippen molar-refractivity contribution in [1.82, 2.24) is 25.0 Å². The van der Waals surface area contributed by atoms with Crippen LogP contribution in [0.25, 0.3) is 11.0 Å². The van der Waals surface area contributed by atoms with Crippen molar-refractivity contribution in [2.75, 3.05) is 13.2 Å². The molecule has 0 saturated carbocycles. The first-order valence-electron chi connectivity index (χ1n) is 8.13. The number of ether oxygens (including phenoxy) is 1. The summed E-state index contributed by atoms with van der Waals surface area (Å²) >= 11 is 0. The zero-order chi connectivity index (χ0) is 15.8. The minimum absolute atomic E-state index is 0.403. The average molecular weight is 311 g/mol. The summed E-state index contributed by atoms with van der Waals surface area (Å²) in [6.07, 6.45) is 3.90. The van der Waals surface area contributed by atoms with Crippen molar-refractivity contribution in [1.29, 1.82) is 0 Å². The van der Waals surface area contributed by atoms with E-state index in [1.807, 2.05) is 10.9 Å². The molecule has 6 nitrogen and oxygen atoms in total. The molecular formula is C17H21N5O. The van der Waals surface area contributed by atoms with Crippen LogP contribution in [0.4, 0.5) is 0 Å². The van der Waals surface area contributed by atoms with Crippen LogP contribution in [0.3, 0.4) is 0 Å². The lowest BCUT2D eigenvalue weighted by Crippen LogP contribution is -2.03. The summed E-state index contributed by atoms with van der Waals surface area (Å²) < 4.78 is 7.31. The fraction of sp³-hybridized carbons (Fsp3) is 0.471. The Morgan fingerprint density at radius 1 is 1.35 bits per heavy atom. The Balaban J connectivity index is 1.47. The van der Waals surface area contributed by atoms with Gasteiger partial charge in [-0.05, 0) is 37.5 Å². The van der Waals surface area contributed by atoms with Crippen LogP contribution >= 0.6 is 0 Å². The van der Waals surface area contributed by atoms with Crippen LogP contribution in [0.2, 0.25) is 0 Å². The minimum atomic E-state index is 0.403. The molecule has 0 unspecified atom stereocenters. The van der Waals surface area contributed by atoms with Gasteiger partial charge in [-0.15, -0.1) is 5.10 Å². The molecule has 6 heteroatoms. The first kappa shape index (κ1) is 14.4. The topological polar surface area (TPSA) is 68.6 Å². The fourth-order valence-corrected chi connectivity index (χ4v) is 3.08. The maximum absolute atomic E-state index is 5.41. The van der Waals surface area contributed by atoms with Gasteiger partial charge in [0.25, 0.3) is 0 Å². The van der Waals surface area contributed by atoms with E-state index >= 15 is 0 Å². The smallest absolute Gasteiger partial charge is 0.109 e. The first-order chi connectivity index (χ1) is 11.2. The summed E-state index contributed by atoms with van der Waals surface area (Å²) in [5.41, 5.74) is 5.73. The summed E-state index contributed by atoms with van der Waals surface area (Å²) in [6.45, 7) is 6.61. The van der Waals surface area contributed by atoms with Crippen molar-refractivity contribution in [2.45, 2.75) is 39.2 Å². The normalized spacial score (nSPS) is 18.1. The van der Waals surface area contributed by atoms with Gasteiger partial charge in [-0.3, -0.25) is 4.68 Å². The maximum atomic E-state index is 5.41. The number of H-pyrrole nitrogens is 1. The van der Waals surface area contributed by atoms with E-state index in [2.05, 4.69) is 41.3 Å². The number of aromatic amines is 1. The zero-order valence-electron chi connectivity index (χ0n) is 13.5. The molecular weight excluding hydrogens is 290 g/mol. The first-order valence-corrected chi connectivity index (χ1v) is 8.13. The standard InChI is InChI=1S/C17H21N5O/c1-11-3-4-14-17(12(11)2)19-16(18-14)5-7-22-9-15(20-21-22)13-6-8-23-10-13/h3-4,9,13H,5-8,10H2,1-2H3,(H,18,19)/t13-/m1/s1. The Hall–Kier alpha value is -2.21. The molecule has 1 atom stereocenters. The number of nitrogens with one attached hydrogen (secondary N) is 1. The van der Waals surface area contributed by atoms with Gasteiger partial charge in [-0.25, -0.2) is 4.98 Å². The van der Waals surface area contributed by atoms with Crippen molar-refractivity contribution >= 4 is 11.0 Å². The molecule has 3 heterocycles. The Morgan fingerprint density at radius 2 is 2.26 bits per heavy atom. The number of hydrogen-bond acceptors (Lipinski definition) is 4. The number of fused-ring (bicyclic) bond motifs is 1. The molecule has 0 amide bonds. The van der Waals surface area contributed by atoms with Crippen molar-refractivity contribution in [3.05, 3.63) is 41.0 Å². The molecule has 3 aromatic rings. The van der Waals surface area contributed by atoms with E-state index in [0.717, 1.165) is 55.2 Å². The number of rotatable bonds is 4. The molecule has 0 aliphatic carbocycles. The van der Waals surface area contributed by atoms with Crippen molar-refractivity contribution in [3.8, 4) is 0 Å². The average Bonchev–Trinajstić information content (AvgIpc) is 3.28. The SMILES string of the molecule is Cc1ccc2[nH]c(CCn3cc([C@@H]4CCOC4)nn3)nc2c1C. The summed E-state index contributed by atoms with van der Waals surface area (Å²) in [5, 5.41) is 8.51. The van der Waals surface area contributed by atoms with E-state index in [9.17, 15) is 0 Å². The number of nitrogens with zero attached hydrogens (tertiary/aromatic N) is 4. The largest absolute Gasteiger partial charge is 0.381 e. The van der Waals surface area contributed by atoms with E-state index in [0.29, 0.717) is 5.92 Å². The highest BCUT2D eigenvalue weighted by Crippen LogP contribution is 2.23. The second-order valence-corrected chi connectivity index (χ2v) is 6.30. The highest BCUT2D eigenvalue weighted by molar-refractivity contribution is 5.79. The van der Waals surface area contributed by atoms with Crippen molar-refractivity contribution < 1.29 is 4.74 Å². The zero-order valence-corrected chi connectivity index (χ0v) is 13.5. The summed E-state index contributed by atoms with van der Waals surface area (Å²) in [6, 6.07) is 4.23. The number of hydrogen-bond donors (Lipinski definition) is 1. The molecule has 0 radical (unpaired) electrons. The predicted octanol–water partition coefficient (Wildman–Crippen LogP) is 2.52. The van der Waals surface area contributed by atoms with Crippen LogP contribution in [-0.2, 0) is 17.7 Å². The molecule has 120 valence electrons. The van der Waals surface area contributed by atoms with Gasteiger partial charge in [0, 0.05) is 31.7 Å². The third kappa shape index (κ3) is 2.74. The quantitative estimate of drug-likeness (QED) is 0.804. The molecule has 4 rings (SSSR count). The molecule has 1 fully saturated rings. The molecule has 1 aromatic carbocycles. The lowest BCUT2D eigenvalue weighted by atomic mass is 10.1. The molecule has 23 heavy (non-hydrogen) atoms. The Kier molecular flexibility index (Phi) is 3.61. The van der Waals surface area contributed by atoms with E-state index in [1.54, 1.807) is 0 Å². The Bertz CT molecular complexity index is 829. The molecule has 1 aliphatic heterocycles. The highest BCUT2D eigenvalue weighted by atomic mass is 16.5. The van der Waals surface area contributed by atoms with Gasteiger partial charge < -0.3 is 9.72 Å². The third-order valence-corrected chi connectivity index (χ3v) is 4.71. The fourth-order valence-electron chi connectivity index (χ4n) is 3.08. The van der Waals surface area contributed by atoms with Gasteiger partial charge in [0.2, 0.25) is 0 Å². The van der Waals surface area contributed by atoms with Crippen molar-refractivity contribution in [2.24, 2.45) is 0 Å². The molecule has 1 aliphatic rings. The van der Waals surface area contributed by atoms with E-state index in [4.69, 9.17) is 9.72 Å². The van der Waals surface area contributed by atoms with Crippen LogP contribution in [0.1, 0.15) is 35.0 Å². The van der Waals surface area contributed by atoms with Gasteiger partial charge in [0.1, 0.15) is 5.82 Å². The molecule has 1 N–H and O–H groups in total. The number of benzene rings is 1. The van der Waals surface area contributed by atoms with Gasteiger partial charge in [-0.2, -0.15) is 0 Å². The third-order valence-electron chi connectivity index (χ3n) is 4.71. The molecule has 1 saturated heterocycles. The molecule has 0 spiro atoms. The highest BCUT2D eigenvalue weighted by Gasteiger charge is 2.20. The monoisotopic (exact) mass is 311 g/mol. The van der Waals surface area contributed by atoms with Crippen LogP contribution in [0.15, 0.2) is 18.3 Å². The van der Waals surface area contributed by atoms with Gasteiger partial charge in [0.15, 0.2) is 0 Å². The number of aryl methyl sites for hydroxylation is 4. The van der Waals surface area contributed by atoms with E-state index in [-0.39, 0.29) is 0 Å². The lowest BCUT2D eigenvalue weighted by Gasteiger charge is -2.00. The van der Waals surface area contributed by atoms with Gasteiger partial charge >= 0.3 is 0 Å². The Morgan fingerprint density at radius 3 is 3.09 bits per heavy atom. The van der Waals surface area contributed by atoms with Crippen molar-refractivity contribution in [3.63, 3.8) is 0 Å². The second kappa shape index (κ2) is 5.77. The van der Waals surface area contributed by atoms with Crippen LogP contribution in [0.5, 0.6) is 0 Å². The Labute approximate surface area is 134 Å². The number of imidazole rings is 1. The van der Waals surface area contributed by atoms with E-state index < -0.39 is 0 Å². The molecule has 2 aromatic heterocycles. The van der Waals surface area contributed by atoms with Crippen LogP contribution in [0, 0.1) is 13.8 Å². The van der Waals surface area contributed by atoms with Crippen LogP contribution < -0.4 is 0 Å². The van der Waals surface area contributed by atoms with E-state index in [1.165, 1.54) is 11.1 Å². The summed E-state index contributed by atoms with van der Waals surface area (Å²) in [4.78, 5) is 8.14. The summed E-state index contributed by atoms with van der Waals surface area (Å²) in [7, 11) is 0. The summed E-state index contributed by atoms with van der Waals surface area (Å²) in [5.74, 6) is 1.40. The van der Waals surface area contributed by atoms with Gasteiger partial charge in [0.05, 0.1) is 23.3 Å².